The third-order valence-electron chi connectivity index (χ3n) is 3.25. The van der Waals surface area contributed by atoms with Crippen molar-refractivity contribution in [3.63, 3.8) is 0 Å². The zero-order valence-corrected chi connectivity index (χ0v) is 14.0. The molecule has 0 heterocycles. The Labute approximate surface area is 137 Å². The number of nitrogens with one attached hydrogen (secondary N) is 1. The van der Waals surface area contributed by atoms with E-state index in [1.807, 2.05) is 23.9 Å². The molecule has 0 aliphatic heterocycles. The van der Waals surface area contributed by atoms with E-state index in [1.54, 1.807) is 0 Å². The zero-order chi connectivity index (χ0) is 14.9. The molecule has 112 valence electrons. The third-order valence-corrected chi connectivity index (χ3v) is 4.66. The summed E-state index contributed by atoms with van der Waals surface area (Å²) in [6, 6.07) is 19.2. The van der Waals surface area contributed by atoms with Crippen LogP contribution in [0.1, 0.15) is 18.9 Å². The molecule has 0 amide bonds. The highest BCUT2D eigenvalue weighted by molar-refractivity contribution is 7.99. The van der Waals surface area contributed by atoms with Crippen molar-refractivity contribution in [3.8, 4) is 0 Å². The van der Waals surface area contributed by atoms with E-state index in [0.29, 0.717) is 6.04 Å². The fraction of sp³-hybridized carbons (Fsp3) is 0.333. The number of hydrogen-bond acceptors (Lipinski definition) is 2. The molecule has 1 atom stereocenters. The number of benzene rings is 2. The lowest BCUT2D eigenvalue weighted by molar-refractivity contribution is 0.550. The largest absolute Gasteiger partial charge is 0.313 e. The maximum atomic E-state index is 6.08. The number of halogens is 1. The molecular weight excluding hydrogens is 298 g/mol. The lowest BCUT2D eigenvalue weighted by atomic mass is 10.1. The lowest BCUT2D eigenvalue weighted by Gasteiger charge is -2.18. The second-order valence-electron chi connectivity index (χ2n) is 5.11. The smallest absolute Gasteiger partial charge is 0.0408 e. The van der Waals surface area contributed by atoms with E-state index in [1.165, 1.54) is 10.5 Å². The van der Waals surface area contributed by atoms with Gasteiger partial charge in [0.2, 0.25) is 0 Å². The highest BCUT2D eigenvalue weighted by Gasteiger charge is 2.10. The molecule has 2 aromatic carbocycles. The Morgan fingerprint density at radius 3 is 2.62 bits per heavy atom. The minimum atomic E-state index is 0.466. The molecule has 0 spiro atoms. The van der Waals surface area contributed by atoms with Gasteiger partial charge < -0.3 is 5.32 Å². The second kappa shape index (κ2) is 9.14. The standard InChI is InChI=1S/C18H22ClNS/c1-2-11-20-17(13-15-7-6-8-16(19)12-15)14-21-18-9-4-3-5-10-18/h3-10,12,17,20H,2,11,13-14H2,1H3. The van der Waals surface area contributed by atoms with Crippen LogP contribution in [0.5, 0.6) is 0 Å². The molecule has 0 aliphatic carbocycles. The summed E-state index contributed by atoms with van der Waals surface area (Å²) in [5.41, 5.74) is 1.30. The number of thioether (sulfide) groups is 1. The summed E-state index contributed by atoms with van der Waals surface area (Å²) in [4.78, 5) is 1.33. The van der Waals surface area contributed by atoms with E-state index in [-0.39, 0.29) is 0 Å². The average Bonchev–Trinajstić information content (AvgIpc) is 2.51. The first kappa shape index (κ1) is 16.4. The van der Waals surface area contributed by atoms with E-state index < -0.39 is 0 Å². The van der Waals surface area contributed by atoms with Crippen LogP contribution in [0.2, 0.25) is 5.02 Å². The van der Waals surface area contributed by atoms with Gasteiger partial charge >= 0.3 is 0 Å². The molecular formula is C18H22ClNS. The minimum Gasteiger partial charge on any atom is -0.313 e. The van der Waals surface area contributed by atoms with Gasteiger partial charge in [-0.1, -0.05) is 48.9 Å². The van der Waals surface area contributed by atoms with E-state index >= 15 is 0 Å². The third kappa shape index (κ3) is 6.13. The molecule has 2 aromatic rings. The van der Waals surface area contributed by atoms with Gasteiger partial charge in [0.25, 0.3) is 0 Å². The SMILES string of the molecule is CCCNC(CSc1ccccc1)Cc1cccc(Cl)c1. The second-order valence-corrected chi connectivity index (χ2v) is 6.64. The van der Waals surface area contributed by atoms with Crippen molar-refractivity contribution >= 4 is 23.4 Å². The van der Waals surface area contributed by atoms with Crippen molar-refractivity contribution in [2.24, 2.45) is 0 Å². The van der Waals surface area contributed by atoms with Crippen molar-refractivity contribution in [1.29, 1.82) is 0 Å². The van der Waals surface area contributed by atoms with Gasteiger partial charge in [-0.3, -0.25) is 0 Å². The maximum absolute atomic E-state index is 6.08. The molecule has 2 rings (SSSR count). The van der Waals surface area contributed by atoms with E-state index in [0.717, 1.165) is 30.2 Å². The van der Waals surface area contributed by atoms with Crippen LogP contribution in [0.25, 0.3) is 0 Å². The van der Waals surface area contributed by atoms with Crippen LogP contribution >= 0.6 is 23.4 Å². The van der Waals surface area contributed by atoms with E-state index in [4.69, 9.17) is 11.6 Å². The van der Waals surface area contributed by atoms with Crippen LogP contribution in [-0.2, 0) is 6.42 Å². The van der Waals surface area contributed by atoms with Crippen LogP contribution in [0.3, 0.4) is 0 Å². The van der Waals surface area contributed by atoms with Crippen molar-refractivity contribution in [2.75, 3.05) is 12.3 Å². The van der Waals surface area contributed by atoms with E-state index in [9.17, 15) is 0 Å². The molecule has 0 saturated carbocycles. The van der Waals surface area contributed by atoms with Gasteiger partial charge in [-0.25, -0.2) is 0 Å². The normalized spacial score (nSPS) is 12.3. The Kier molecular flexibility index (Phi) is 7.14. The van der Waals surface area contributed by atoms with Crippen LogP contribution in [0, 0.1) is 0 Å². The fourth-order valence-electron chi connectivity index (χ4n) is 2.20. The summed E-state index contributed by atoms with van der Waals surface area (Å²) in [7, 11) is 0. The minimum absolute atomic E-state index is 0.466. The Balaban J connectivity index is 1.94. The first-order valence-electron chi connectivity index (χ1n) is 7.43. The molecule has 21 heavy (non-hydrogen) atoms. The Morgan fingerprint density at radius 2 is 1.90 bits per heavy atom. The quantitative estimate of drug-likeness (QED) is 0.684. The molecule has 0 saturated heterocycles. The molecule has 0 radical (unpaired) electrons. The van der Waals surface area contributed by atoms with Gasteiger partial charge in [-0.2, -0.15) is 0 Å². The maximum Gasteiger partial charge on any atom is 0.0408 e. The van der Waals surface area contributed by atoms with E-state index in [2.05, 4.69) is 54.7 Å². The molecule has 0 bridgehead atoms. The van der Waals surface area contributed by atoms with Crippen molar-refractivity contribution in [1.82, 2.24) is 5.32 Å². The van der Waals surface area contributed by atoms with Gasteiger partial charge in [-0.05, 0) is 49.2 Å². The molecule has 1 nitrogen and oxygen atoms in total. The first-order chi connectivity index (χ1) is 10.3. The highest BCUT2D eigenvalue weighted by atomic mass is 35.5. The summed E-state index contributed by atoms with van der Waals surface area (Å²) in [5.74, 6) is 1.07. The molecule has 1 unspecified atom stereocenters. The Hall–Kier alpha value is -0.960. The Bertz CT molecular complexity index is 530. The van der Waals surface area contributed by atoms with Gasteiger partial charge in [0, 0.05) is 21.7 Å². The molecule has 3 heteroatoms. The summed E-state index contributed by atoms with van der Waals surface area (Å²) < 4.78 is 0. The Morgan fingerprint density at radius 1 is 1.10 bits per heavy atom. The van der Waals surface area contributed by atoms with Crippen molar-refractivity contribution < 1.29 is 0 Å². The predicted molar refractivity (Wildman–Crippen MR) is 94.4 cm³/mol. The van der Waals surface area contributed by atoms with Crippen LogP contribution < -0.4 is 5.32 Å². The first-order valence-corrected chi connectivity index (χ1v) is 8.80. The summed E-state index contributed by atoms with van der Waals surface area (Å²) in [5, 5.41) is 4.46. The molecule has 0 fully saturated rings. The van der Waals surface area contributed by atoms with Crippen LogP contribution in [0.15, 0.2) is 59.5 Å². The zero-order valence-electron chi connectivity index (χ0n) is 12.4. The van der Waals surface area contributed by atoms with Gasteiger partial charge in [0.15, 0.2) is 0 Å². The summed E-state index contributed by atoms with van der Waals surface area (Å²) >= 11 is 7.99. The summed E-state index contributed by atoms with van der Waals surface area (Å²) in [6.45, 7) is 3.26. The highest BCUT2D eigenvalue weighted by Crippen LogP contribution is 2.20. The van der Waals surface area contributed by atoms with Gasteiger partial charge in [0.1, 0.15) is 0 Å². The van der Waals surface area contributed by atoms with Gasteiger partial charge in [0.05, 0.1) is 0 Å². The predicted octanol–water partition coefficient (Wildman–Crippen LogP) is 5.04. The van der Waals surface area contributed by atoms with Gasteiger partial charge in [-0.15, -0.1) is 11.8 Å². The number of rotatable bonds is 8. The number of hydrogen-bond donors (Lipinski definition) is 1. The topological polar surface area (TPSA) is 12.0 Å². The van der Waals surface area contributed by atoms with Crippen molar-refractivity contribution in [2.45, 2.75) is 30.7 Å². The molecule has 1 N–H and O–H groups in total. The molecule has 0 aromatic heterocycles. The molecule has 0 aliphatic rings. The van der Waals surface area contributed by atoms with Crippen molar-refractivity contribution in [3.05, 3.63) is 65.2 Å². The van der Waals surface area contributed by atoms with Crippen LogP contribution in [0.4, 0.5) is 0 Å². The lowest BCUT2D eigenvalue weighted by Crippen LogP contribution is -2.34. The monoisotopic (exact) mass is 319 g/mol. The average molecular weight is 320 g/mol. The fourth-order valence-corrected chi connectivity index (χ4v) is 3.39. The summed E-state index contributed by atoms with van der Waals surface area (Å²) in [6.07, 6.45) is 2.17. The van der Waals surface area contributed by atoms with Crippen LogP contribution in [-0.4, -0.2) is 18.3 Å².